The van der Waals surface area contributed by atoms with Gasteiger partial charge in [0.15, 0.2) is 49.2 Å². The van der Waals surface area contributed by atoms with Crippen LogP contribution in [0.5, 0.6) is 0 Å². The van der Waals surface area contributed by atoms with E-state index >= 15 is 0 Å². The fourth-order valence-corrected chi connectivity index (χ4v) is 8.96. The summed E-state index contributed by atoms with van der Waals surface area (Å²) in [6, 6.07) is 18.7. The van der Waals surface area contributed by atoms with Gasteiger partial charge in [-0.05, 0) is 67.8 Å². The molecule has 24 nitrogen and oxygen atoms in total. The number of rotatable bonds is 23. The van der Waals surface area contributed by atoms with Crippen molar-refractivity contribution in [2.24, 2.45) is 39.7 Å². The van der Waals surface area contributed by atoms with Crippen molar-refractivity contribution in [3.8, 4) is 0 Å². The van der Waals surface area contributed by atoms with Crippen molar-refractivity contribution in [1.29, 1.82) is 0 Å². The number of nitrogens with zero attached hydrogens (tertiary/aromatic N) is 5. The molecule has 5 rings (SSSR count). The molecule has 5 heterocycles. The molecular weight excluding hydrogens is 1380 g/mol. The summed E-state index contributed by atoms with van der Waals surface area (Å²) < 4.78 is 128. The molecule has 0 aromatic carbocycles. The van der Waals surface area contributed by atoms with Gasteiger partial charge >= 0.3 is 6.18 Å². The predicted octanol–water partition coefficient (Wildman–Crippen LogP) is -0.129. The average Bonchev–Trinajstić information content (AvgIpc) is 3.47. The van der Waals surface area contributed by atoms with E-state index < -0.39 is 54.7 Å². The smallest absolute Gasteiger partial charge is 0.430 e. The third-order valence-electron chi connectivity index (χ3n) is 8.29. The van der Waals surface area contributed by atoms with Crippen LogP contribution < -0.4 is 55.9 Å². The molecule has 0 amide bonds. The van der Waals surface area contributed by atoms with Gasteiger partial charge in [-0.15, -0.1) is 0 Å². The summed E-state index contributed by atoms with van der Waals surface area (Å²) in [4.78, 5) is 12.3. The number of nitrogens with one attached hydrogen (secondary N) is 1. The number of aromatic nitrogens is 5. The van der Waals surface area contributed by atoms with E-state index in [0.717, 1.165) is 55.5 Å². The topological polar surface area (TPSA) is 372 Å². The van der Waals surface area contributed by atoms with E-state index in [-0.39, 0.29) is 23.1 Å². The number of aliphatic carboxylic acids is 1. The Balaban J connectivity index is -0.000000307. The number of pyridine rings is 5. The van der Waals surface area contributed by atoms with Gasteiger partial charge in [-0.1, -0.05) is 43.2 Å². The zero-order valence-electron chi connectivity index (χ0n) is 49.7. The summed E-state index contributed by atoms with van der Waals surface area (Å²) in [7, 11) is 4.31. The standard InChI is InChI=1S/C17H25N3S2.C9H13NS.C6H7FN.C5H4FN.C4H12N2S2.C4H10O2S2.C2HF3O2.3CH4O4S/c1-19-10-3-6-16(14-19)7-5-12-21-22-13-9-18-17-8-4-11-20(2)15-17;1-10-6-2-4-9(8-10)5-3-7-11;1-8-4-2-3-6(7)5-8;6-5-2-1-3-7-4-5;5-1-3-7-8-4-2-6;5-3(1-7)4(6)2-8;3-2(4,5)1(6)7;3*1-6(3,4)5-2/h3-4,6,8,10-11,14-15,18H,5,7,9,12-13H2,1-2H3;2,4,6,8H,3,5,7H2,1H3;2-5H,1H3;1-4H;1-6H2;3-8H,1-2H2;(H,6,7);3*2H,1H3/q+2;;+1;;;;;;;/p-3/t;;;;;3-,4-;;;;/m.....1..../s1. The first-order valence-corrected chi connectivity index (χ1v) is 37.5. The molecule has 0 bridgehead atoms. The molecule has 89 heavy (non-hydrogen) atoms. The summed E-state index contributed by atoms with van der Waals surface area (Å²) in [6.45, 7) is 2.54. The normalized spacial score (nSPS) is 11.1. The van der Waals surface area contributed by atoms with Gasteiger partial charge in [0, 0.05) is 95.7 Å². The number of carboxylic acid groups (broad SMARTS) is 1. The maximum Gasteiger partial charge on any atom is 0.430 e. The number of hydrogen-bond acceptors (Lipinski definition) is 27. The highest BCUT2D eigenvalue weighted by Gasteiger charge is 2.28. The average molecular weight is 1470 g/mol. The van der Waals surface area contributed by atoms with Crippen LogP contribution in [-0.4, -0.2) is 143 Å². The number of aliphatic hydroxyl groups excluding tert-OH is 2. The van der Waals surface area contributed by atoms with Gasteiger partial charge in [0.25, 0.3) is 30.4 Å². The number of anilines is 1. The molecular formula is C50H81F5N8O16S10. The van der Waals surface area contributed by atoms with E-state index in [2.05, 4.69) is 143 Å². The van der Waals surface area contributed by atoms with Crippen LogP contribution in [0.15, 0.2) is 123 Å². The quantitative estimate of drug-likeness (QED) is 0.00803. The lowest BCUT2D eigenvalue weighted by Crippen LogP contribution is -2.37. The number of carboxylic acids is 1. The van der Waals surface area contributed by atoms with Crippen LogP contribution in [-0.2, 0) is 89.2 Å². The van der Waals surface area contributed by atoms with E-state index in [9.17, 15) is 47.2 Å². The van der Waals surface area contributed by atoms with Crippen LogP contribution >= 0.6 is 81.1 Å². The number of aryl methyl sites for hydroxylation is 6. The van der Waals surface area contributed by atoms with Crippen molar-refractivity contribution < 1.29 is 114 Å². The minimum Gasteiger partial charge on any atom is -0.707 e. The molecule has 0 radical (unpaired) electrons. The van der Waals surface area contributed by atoms with Crippen LogP contribution in [0.3, 0.4) is 0 Å². The predicted molar refractivity (Wildman–Crippen MR) is 340 cm³/mol. The van der Waals surface area contributed by atoms with Gasteiger partial charge in [0.1, 0.15) is 40.0 Å². The third kappa shape index (κ3) is 75.2. The Morgan fingerprint density at radius 2 is 0.978 bits per heavy atom. The number of hydrogen-bond donors (Lipinski definition) is 8. The highest BCUT2D eigenvalue weighted by Crippen LogP contribution is 2.22. The molecule has 0 saturated heterocycles. The Morgan fingerprint density at radius 3 is 1.27 bits per heavy atom. The second kappa shape index (κ2) is 59.6. The van der Waals surface area contributed by atoms with E-state index in [0.29, 0.717) is 18.8 Å². The van der Waals surface area contributed by atoms with Crippen LogP contribution in [0.1, 0.15) is 24.0 Å². The number of alkyl halides is 3. The molecule has 0 aliphatic heterocycles. The Bertz CT molecular complexity index is 2710. The first-order chi connectivity index (χ1) is 41.5. The fourth-order valence-electron chi connectivity index (χ4n) is 4.61. The number of aliphatic hydroxyl groups is 2. The number of thiol groups is 3. The van der Waals surface area contributed by atoms with Crippen LogP contribution in [0.25, 0.3) is 0 Å². The SMILES string of the molecule is CS(=O)(=O)O[O-].CS(=O)(=O)O[O-].CS(=O)(=O)O[O-].C[n+]1cccc(CCCS)c1.C[n+]1cccc(CCCSSCCNc2ccc[n+](C)c2)c1.C[n+]1cccc(F)c1.Fc1cccnc1.NCCSSCCN.O=C([O-])C(F)(F)F.O[C@H](CS)[C@H](O)CS. The molecule has 0 aliphatic carbocycles. The number of carbonyl (C=O) groups is 1. The van der Waals surface area contributed by atoms with Gasteiger partial charge in [-0.25, -0.2) is 52.3 Å². The largest absolute Gasteiger partial charge is 0.707 e. The maximum atomic E-state index is 12.1. The van der Waals surface area contributed by atoms with Crippen molar-refractivity contribution in [2.75, 3.05) is 84.0 Å². The second-order valence-corrected chi connectivity index (χ2v) is 27.9. The van der Waals surface area contributed by atoms with Gasteiger partial charge in [-0.3, -0.25) is 4.98 Å². The van der Waals surface area contributed by atoms with E-state index in [1.165, 1.54) is 66.1 Å². The maximum absolute atomic E-state index is 12.1. The van der Waals surface area contributed by atoms with Crippen LogP contribution in [0.2, 0.25) is 0 Å². The molecule has 2 atom stereocenters. The van der Waals surface area contributed by atoms with E-state index in [1.807, 2.05) is 48.1 Å². The van der Waals surface area contributed by atoms with Crippen molar-refractivity contribution in [2.45, 2.75) is 44.1 Å². The monoisotopic (exact) mass is 1460 g/mol. The van der Waals surface area contributed by atoms with E-state index in [4.69, 9.17) is 47.4 Å². The Hall–Kier alpha value is -3.43. The van der Waals surface area contributed by atoms with Crippen LogP contribution in [0, 0.1) is 11.6 Å². The molecule has 5 aromatic rings. The molecule has 0 saturated carbocycles. The van der Waals surface area contributed by atoms with Crippen molar-refractivity contribution >= 4 is 123 Å². The molecule has 0 spiro atoms. The molecule has 0 unspecified atom stereocenters. The fraction of sp³-hybridized carbons (Fsp3) is 0.480. The van der Waals surface area contributed by atoms with E-state index in [1.54, 1.807) is 51.5 Å². The summed E-state index contributed by atoms with van der Waals surface area (Å²) in [5.41, 5.74) is 14.5. The van der Waals surface area contributed by atoms with Gasteiger partial charge in [0.05, 0.1) is 42.9 Å². The van der Waals surface area contributed by atoms with Crippen molar-refractivity contribution in [3.05, 3.63) is 145 Å². The minimum absolute atomic E-state index is 0.199. The Kier molecular flexibility index (Phi) is 63.1. The molecule has 512 valence electrons. The lowest BCUT2D eigenvalue weighted by atomic mass is 10.2. The summed E-state index contributed by atoms with van der Waals surface area (Å²) in [5, 5.41) is 56.3. The first kappa shape index (κ1) is 94.3. The summed E-state index contributed by atoms with van der Waals surface area (Å²) in [5.74, 6) is 2.44. The number of nitrogens with two attached hydrogens (primary N) is 2. The lowest BCUT2D eigenvalue weighted by molar-refractivity contribution is -0.673. The minimum atomic E-state index is -5.19. The van der Waals surface area contributed by atoms with Gasteiger partial charge < -0.3 is 65.7 Å². The molecule has 0 aliphatic rings. The third-order valence-corrected chi connectivity index (χ3v) is 15.1. The van der Waals surface area contributed by atoms with Crippen molar-refractivity contribution in [3.63, 3.8) is 0 Å². The zero-order valence-corrected chi connectivity index (χ0v) is 58.1. The highest BCUT2D eigenvalue weighted by molar-refractivity contribution is 8.77. The Labute approximate surface area is 551 Å². The highest BCUT2D eigenvalue weighted by atomic mass is 33.1. The number of carbonyl (C=O) groups excluding carboxylic acids is 1. The molecule has 39 heteroatoms. The summed E-state index contributed by atoms with van der Waals surface area (Å²) in [6.07, 6.45) is 18.6. The van der Waals surface area contributed by atoms with Gasteiger partial charge in [0.2, 0.25) is 6.20 Å². The molecule has 0 fully saturated rings. The molecule has 7 N–H and O–H groups in total. The molecule has 5 aromatic heterocycles. The number of halogens is 5. The first-order valence-electron chi connectivity index (χ1n) is 25.1. The Morgan fingerprint density at radius 1 is 0.618 bits per heavy atom. The van der Waals surface area contributed by atoms with Crippen molar-refractivity contribution in [1.82, 2.24) is 4.98 Å². The zero-order chi connectivity index (χ0) is 69.3. The second-order valence-electron chi connectivity index (χ2n) is 16.7. The van der Waals surface area contributed by atoms with Gasteiger partial charge in [-0.2, -0.15) is 51.1 Å². The van der Waals surface area contributed by atoms with Crippen LogP contribution in [0.4, 0.5) is 27.6 Å². The summed E-state index contributed by atoms with van der Waals surface area (Å²) >= 11 is 11.7. The lowest BCUT2D eigenvalue weighted by Gasteiger charge is -2.11.